The first-order valence-corrected chi connectivity index (χ1v) is 11.5. The minimum atomic E-state index is -0.0640. The first kappa shape index (κ1) is 19.5. The fourth-order valence-corrected chi connectivity index (χ4v) is 5.82. The number of fused-ring (bicyclic) bond motifs is 3. The van der Waals surface area contributed by atoms with Gasteiger partial charge in [0.1, 0.15) is 11.4 Å². The zero-order valence-electron chi connectivity index (χ0n) is 17.3. The van der Waals surface area contributed by atoms with E-state index in [2.05, 4.69) is 41.1 Å². The van der Waals surface area contributed by atoms with Gasteiger partial charge in [-0.15, -0.1) is 11.3 Å². The first-order chi connectivity index (χ1) is 14.6. The highest BCUT2D eigenvalue weighted by Crippen LogP contribution is 2.34. The van der Waals surface area contributed by atoms with Crippen LogP contribution >= 0.6 is 11.3 Å². The maximum atomic E-state index is 13.0. The van der Waals surface area contributed by atoms with Crippen molar-refractivity contribution in [2.24, 2.45) is 0 Å². The summed E-state index contributed by atoms with van der Waals surface area (Å²) in [6.07, 6.45) is 4.65. The fourth-order valence-electron chi connectivity index (χ4n) is 4.60. The third kappa shape index (κ3) is 3.68. The molecule has 5 rings (SSSR count). The molecule has 2 aliphatic rings. The van der Waals surface area contributed by atoms with Gasteiger partial charge in [-0.3, -0.25) is 19.1 Å². The van der Waals surface area contributed by atoms with Crippen LogP contribution in [0.15, 0.2) is 35.4 Å². The Balaban J connectivity index is 1.23. The van der Waals surface area contributed by atoms with Gasteiger partial charge in [-0.25, -0.2) is 4.98 Å². The number of piperazine rings is 1. The zero-order chi connectivity index (χ0) is 20.7. The predicted octanol–water partition coefficient (Wildman–Crippen LogP) is 2.60. The van der Waals surface area contributed by atoms with E-state index in [0.29, 0.717) is 13.1 Å². The van der Waals surface area contributed by atoms with E-state index in [1.807, 2.05) is 4.90 Å². The molecule has 1 aromatic carbocycles. The van der Waals surface area contributed by atoms with Gasteiger partial charge in [-0.1, -0.05) is 29.8 Å². The van der Waals surface area contributed by atoms with Gasteiger partial charge in [-0.2, -0.15) is 0 Å². The maximum absolute atomic E-state index is 13.0. The zero-order valence-corrected chi connectivity index (χ0v) is 18.1. The Bertz CT molecular complexity index is 1160. The van der Waals surface area contributed by atoms with Crippen molar-refractivity contribution < 1.29 is 4.79 Å². The monoisotopic (exact) mass is 422 g/mol. The van der Waals surface area contributed by atoms with Gasteiger partial charge in [0.25, 0.3) is 5.56 Å². The second-order valence-electron chi connectivity index (χ2n) is 8.36. The molecule has 156 valence electrons. The van der Waals surface area contributed by atoms with E-state index in [-0.39, 0.29) is 18.0 Å². The summed E-state index contributed by atoms with van der Waals surface area (Å²) in [5, 5.41) is 0.741. The smallest absolute Gasteiger partial charge is 0.262 e. The van der Waals surface area contributed by atoms with Crippen LogP contribution in [0.5, 0.6) is 0 Å². The lowest BCUT2D eigenvalue weighted by atomic mass is 10.1. The standard InChI is InChI=1S/C23H26N4O2S/c1-16-4-2-5-17(12-16)13-25-8-10-26(11-9-25)20(28)14-27-15-24-22-21(23(27)29)18-6-3-7-19(18)30-22/h2,4-5,12,15H,3,6-11,13-14H2,1H3. The molecule has 0 atom stereocenters. The number of nitrogens with zero attached hydrogens (tertiary/aromatic N) is 4. The maximum Gasteiger partial charge on any atom is 0.262 e. The predicted molar refractivity (Wildman–Crippen MR) is 119 cm³/mol. The Morgan fingerprint density at radius 2 is 2.00 bits per heavy atom. The van der Waals surface area contributed by atoms with E-state index in [0.717, 1.165) is 49.1 Å². The Hall–Kier alpha value is -2.51. The largest absolute Gasteiger partial charge is 0.339 e. The fraction of sp³-hybridized carbons (Fsp3) is 0.435. The van der Waals surface area contributed by atoms with Crippen LogP contribution in [-0.4, -0.2) is 51.4 Å². The number of hydrogen-bond donors (Lipinski definition) is 0. The van der Waals surface area contributed by atoms with Crippen molar-refractivity contribution in [1.82, 2.24) is 19.4 Å². The van der Waals surface area contributed by atoms with Crippen molar-refractivity contribution in [2.45, 2.75) is 39.3 Å². The highest BCUT2D eigenvalue weighted by molar-refractivity contribution is 7.18. The van der Waals surface area contributed by atoms with E-state index in [9.17, 15) is 9.59 Å². The van der Waals surface area contributed by atoms with Crippen LogP contribution in [0.25, 0.3) is 10.2 Å². The van der Waals surface area contributed by atoms with Crippen molar-refractivity contribution in [1.29, 1.82) is 0 Å². The molecule has 1 aliphatic heterocycles. The van der Waals surface area contributed by atoms with Crippen molar-refractivity contribution in [2.75, 3.05) is 26.2 Å². The van der Waals surface area contributed by atoms with Crippen molar-refractivity contribution >= 4 is 27.5 Å². The SMILES string of the molecule is Cc1cccc(CN2CCN(C(=O)Cn3cnc4sc5c(c4c3=O)CCC5)CC2)c1. The van der Waals surface area contributed by atoms with Crippen LogP contribution in [0, 0.1) is 6.92 Å². The van der Waals surface area contributed by atoms with Crippen molar-refractivity contribution in [3.8, 4) is 0 Å². The molecule has 1 saturated heterocycles. The molecule has 1 fully saturated rings. The molecule has 0 bridgehead atoms. The summed E-state index contributed by atoms with van der Waals surface area (Å²) in [4.78, 5) is 36.7. The second-order valence-corrected chi connectivity index (χ2v) is 9.44. The molecule has 0 unspecified atom stereocenters. The van der Waals surface area contributed by atoms with Crippen LogP contribution in [0.3, 0.4) is 0 Å². The van der Waals surface area contributed by atoms with Gasteiger partial charge in [0, 0.05) is 37.6 Å². The molecule has 1 aliphatic carbocycles. The number of amides is 1. The van der Waals surface area contributed by atoms with E-state index in [4.69, 9.17) is 0 Å². The van der Waals surface area contributed by atoms with Crippen LogP contribution < -0.4 is 5.56 Å². The highest BCUT2D eigenvalue weighted by Gasteiger charge is 2.24. The van der Waals surface area contributed by atoms with E-state index < -0.39 is 0 Å². The summed E-state index contributed by atoms with van der Waals surface area (Å²) in [6.45, 7) is 6.19. The molecule has 6 nitrogen and oxygen atoms in total. The number of thiophene rings is 1. The van der Waals surface area contributed by atoms with Crippen molar-refractivity contribution in [3.63, 3.8) is 0 Å². The second kappa shape index (κ2) is 7.96. The summed E-state index contributed by atoms with van der Waals surface area (Å²) in [6, 6.07) is 8.57. The number of carbonyl (C=O) groups excluding carboxylic acids is 1. The van der Waals surface area contributed by atoms with Crippen LogP contribution in [0.2, 0.25) is 0 Å². The normalized spacial score (nSPS) is 16.9. The Kier molecular flexibility index (Phi) is 5.16. The van der Waals surface area contributed by atoms with Gasteiger partial charge >= 0.3 is 0 Å². The summed E-state index contributed by atoms with van der Waals surface area (Å²) < 4.78 is 1.50. The third-order valence-corrected chi connectivity index (χ3v) is 7.41. The number of rotatable bonds is 4. The van der Waals surface area contributed by atoms with Gasteiger partial charge < -0.3 is 4.90 Å². The van der Waals surface area contributed by atoms with E-state index >= 15 is 0 Å². The molecule has 30 heavy (non-hydrogen) atoms. The molecular formula is C23H26N4O2S. The van der Waals surface area contributed by atoms with E-state index in [1.54, 1.807) is 17.7 Å². The molecule has 0 saturated carbocycles. The summed E-state index contributed by atoms with van der Waals surface area (Å²) in [5.41, 5.74) is 3.68. The van der Waals surface area contributed by atoms with Crippen LogP contribution in [0.4, 0.5) is 0 Å². The molecule has 3 heterocycles. The van der Waals surface area contributed by atoms with Gasteiger partial charge in [0.05, 0.1) is 11.7 Å². The Labute approximate surface area is 179 Å². The number of carbonyl (C=O) groups is 1. The average Bonchev–Trinajstić information content (AvgIpc) is 3.32. The number of benzene rings is 1. The Morgan fingerprint density at radius 3 is 2.80 bits per heavy atom. The molecule has 1 amide bonds. The molecule has 3 aromatic rings. The molecular weight excluding hydrogens is 396 g/mol. The minimum Gasteiger partial charge on any atom is -0.339 e. The molecule has 0 N–H and O–H groups in total. The highest BCUT2D eigenvalue weighted by atomic mass is 32.1. The summed E-state index contributed by atoms with van der Waals surface area (Å²) in [7, 11) is 0. The summed E-state index contributed by atoms with van der Waals surface area (Å²) in [5.74, 6) is 0.000306. The number of hydrogen-bond acceptors (Lipinski definition) is 5. The van der Waals surface area contributed by atoms with Crippen LogP contribution in [0.1, 0.15) is 28.0 Å². The van der Waals surface area contributed by atoms with Gasteiger partial charge in [0.15, 0.2) is 0 Å². The summed E-state index contributed by atoms with van der Waals surface area (Å²) >= 11 is 1.63. The van der Waals surface area contributed by atoms with Gasteiger partial charge in [-0.05, 0) is 37.3 Å². The molecule has 7 heteroatoms. The number of aryl methyl sites for hydroxylation is 3. The lowest BCUT2D eigenvalue weighted by Gasteiger charge is -2.35. The number of aromatic nitrogens is 2. The molecule has 2 aromatic heterocycles. The molecule has 0 radical (unpaired) electrons. The quantitative estimate of drug-likeness (QED) is 0.649. The lowest BCUT2D eigenvalue weighted by molar-refractivity contribution is -0.133. The third-order valence-electron chi connectivity index (χ3n) is 6.21. The van der Waals surface area contributed by atoms with E-state index in [1.165, 1.54) is 26.1 Å². The van der Waals surface area contributed by atoms with Crippen LogP contribution in [-0.2, 0) is 30.7 Å². The molecule has 0 spiro atoms. The van der Waals surface area contributed by atoms with Gasteiger partial charge in [0.2, 0.25) is 5.91 Å². The Morgan fingerprint density at radius 1 is 1.17 bits per heavy atom. The lowest BCUT2D eigenvalue weighted by Crippen LogP contribution is -2.49. The average molecular weight is 423 g/mol. The topological polar surface area (TPSA) is 58.4 Å². The minimum absolute atomic E-state index is 0.000306. The first-order valence-electron chi connectivity index (χ1n) is 10.6. The van der Waals surface area contributed by atoms with Crippen molar-refractivity contribution in [3.05, 3.63) is 62.5 Å².